The van der Waals surface area contributed by atoms with Crippen molar-refractivity contribution in [1.29, 1.82) is 0 Å². The van der Waals surface area contributed by atoms with Gasteiger partial charge in [0.2, 0.25) is 0 Å². The van der Waals surface area contributed by atoms with Crippen LogP contribution < -0.4 is 4.90 Å². The highest BCUT2D eigenvalue weighted by Gasteiger charge is 2.15. The minimum absolute atomic E-state index is 0.292. The first-order chi connectivity index (χ1) is 10.5. The van der Waals surface area contributed by atoms with Crippen LogP contribution >= 0.6 is 0 Å². The van der Waals surface area contributed by atoms with E-state index in [9.17, 15) is 5.11 Å². The van der Waals surface area contributed by atoms with Crippen LogP contribution in [-0.4, -0.2) is 28.2 Å². The summed E-state index contributed by atoms with van der Waals surface area (Å²) in [6, 6.07) is 9.91. The van der Waals surface area contributed by atoms with E-state index in [1.165, 1.54) is 5.56 Å². The van der Waals surface area contributed by atoms with E-state index in [1.54, 1.807) is 6.20 Å². The molecule has 1 aromatic heterocycles. The topological polar surface area (TPSA) is 49.2 Å². The Bertz CT molecular complexity index is 596. The molecule has 1 N–H and O–H groups in total. The summed E-state index contributed by atoms with van der Waals surface area (Å²) in [5, 5.41) is 10.5. The van der Waals surface area contributed by atoms with Crippen molar-refractivity contribution in [3.8, 4) is 0 Å². The Morgan fingerprint density at radius 2 is 1.82 bits per heavy atom. The van der Waals surface area contributed by atoms with Crippen LogP contribution in [0.2, 0.25) is 0 Å². The van der Waals surface area contributed by atoms with E-state index in [0.717, 1.165) is 23.8 Å². The van der Waals surface area contributed by atoms with Gasteiger partial charge in [0.1, 0.15) is 11.6 Å². The number of nitrogens with zero attached hydrogens (tertiary/aromatic N) is 3. The fourth-order valence-corrected chi connectivity index (χ4v) is 2.31. The summed E-state index contributed by atoms with van der Waals surface area (Å²) in [7, 11) is 0. The first-order valence-corrected chi connectivity index (χ1v) is 7.83. The Morgan fingerprint density at radius 3 is 2.41 bits per heavy atom. The average molecular weight is 299 g/mol. The Hall–Kier alpha value is -1.94. The second kappa shape index (κ2) is 7.36. The van der Waals surface area contributed by atoms with Gasteiger partial charge < -0.3 is 10.0 Å². The van der Waals surface area contributed by atoms with Crippen molar-refractivity contribution in [3.63, 3.8) is 0 Å². The number of benzene rings is 1. The third kappa shape index (κ3) is 4.04. The molecule has 0 aliphatic carbocycles. The average Bonchev–Trinajstić information content (AvgIpc) is 2.53. The largest absolute Gasteiger partial charge is 0.387 e. The highest BCUT2D eigenvalue weighted by Crippen LogP contribution is 2.20. The highest BCUT2D eigenvalue weighted by molar-refractivity contribution is 5.38. The molecule has 1 unspecified atom stereocenters. The number of aryl methyl sites for hydroxylation is 1. The van der Waals surface area contributed by atoms with Gasteiger partial charge in [0, 0.05) is 25.2 Å². The Kier molecular flexibility index (Phi) is 5.50. The zero-order chi connectivity index (χ0) is 16.1. The standard InChI is InChI=1S/C18H25N3O/c1-5-21(17-10-11-19-18(20-17)13(2)3)12-16(22)15-8-6-14(4)7-9-15/h6-11,13,16,22H,5,12H2,1-4H3. The van der Waals surface area contributed by atoms with Gasteiger partial charge in [-0.1, -0.05) is 43.7 Å². The van der Waals surface area contributed by atoms with Gasteiger partial charge in [-0.05, 0) is 25.5 Å². The lowest BCUT2D eigenvalue weighted by Crippen LogP contribution is -2.29. The summed E-state index contributed by atoms with van der Waals surface area (Å²) in [6.07, 6.45) is 1.26. The second-order valence-electron chi connectivity index (χ2n) is 5.89. The normalized spacial score (nSPS) is 12.5. The van der Waals surface area contributed by atoms with Crippen molar-refractivity contribution < 1.29 is 5.11 Å². The molecular formula is C18H25N3O. The van der Waals surface area contributed by atoms with Crippen LogP contribution in [0.15, 0.2) is 36.5 Å². The van der Waals surface area contributed by atoms with E-state index < -0.39 is 6.10 Å². The minimum atomic E-state index is -0.530. The number of aliphatic hydroxyl groups excluding tert-OH is 1. The van der Waals surface area contributed by atoms with Crippen LogP contribution in [0.25, 0.3) is 0 Å². The van der Waals surface area contributed by atoms with Crippen LogP contribution in [0.5, 0.6) is 0 Å². The van der Waals surface area contributed by atoms with E-state index in [-0.39, 0.29) is 0 Å². The van der Waals surface area contributed by atoms with Crippen molar-refractivity contribution >= 4 is 5.82 Å². The van der Waals surface area contributed by atoms with E-state index in [4.69, 9.17) is 0 Å². The van der Waals surface area contributed by atoms with Gasteiger partial charge in [-0.2, -0.15) is 0 Å². The number of anilines is 1. The lowest BCUT2D eigenvalue weighted by Gasteiger charge is -2.25. The van der Waals surface area contributed by atoms with Crippen molar-refractivity contribution in [1.82, 2.24) is 9.97 Å². The molecule has 0 bridgehead atoms. The lowest BCUT2D eigenvalue weighted by molar-refractivity contribution is 0.183. The van der Waals surface area contributed by atoms with Gasteiger partial charge >= 0.3 is 0 Å². The SMILES string of the molecule is CCN(CC(O)c1ccc(C)cc1)c1ccnc(C(C)C)n1. The third-order valence-electron chi connectivity index (χ3n) is 3.74. The molecule has 1 atom stereocenters. The molecule has 1 aromatic carbocycles. The van der Waals surface area contributed by atoms with Crippen molar-refractivity contribution in [3.05, 3.63) is 53.5 Å². The van der Waals surface area contributed by atoms with Crippen LogP contribution in [0.4, 0.5) is 5.82 Å². The molecule has 0 aliphatic heterocycles. The molecule has 4 heteroatoms. The molecule has 2 rings (SSSR count). The summed E-state index contributed by atoms with van der Waals surface area (Å²) in [5.74, 6) is 1.99. The second-order valence-corrected chi connectivity index (χ2v) is 5.89. The van der Waals surface area contributed by atoms with Crippen molar-refractivity contribution in [2.24, 2.45) is 0 Å². The van der Waals surface area contributed by atoms with E-state index in [0.29, 0.717) is 12.5 Å². The number of aromatic nitrogens is 2. The van der Waals surface area contributed by atoms with Gasteiger partial charge in [-0.25, -0.2) is 9.97 Å². The molecule has 0 fully saturated rings. The summed E-state index contributed by atoms with van der Waals surface area (Å²) in [5.41, 5.74) is 2.13. The molecule has 118 valence electrons. The quantitative estimate of drug-likeness (QED) is 0.887. The molecule has 0 amide bonds. The van der Waals surface area contributed by atoms with Crippen LogP contribution in [0.3, 0.4) is 0 Å². The molecular weight excluding hydrogens is 274 g/mol. The number of hydrogen-bond acceptors (Lipinski definition) is 4. The lowest BCUT2D eigenvalue weighted by atomic mass is 10.1. The number of likely N-dealkylation sites (N-methyl/N-ethyl adjacent to an activating group) is 1. The Morgan fingerprint density at radius 1 is 1.14 bits per heavy atom. The van der Waals surface area contributed by atoms with Crippen LogP contribution in [0.1, 0.15) is 49.7 Å². The van der Waals surface area contributed by atoms with E-state index in [2.05, 4.69) is 35.6 Å². The molecule has 0 spiro atoms. The molecule has 22 heavy (non-hydrogen) atoms. The Balaban J connectivity index is 2.14. The molecule has 4 nitrogen and oxygen atoms in total. The molecule has 0 radical (unpaired) electrons. The van der Waals surface area contributed by atoms with Crippen molar-refractivity contribution in [2.75, 3.05) is 18.0 Å². The monoisotopic (exact) mass is 299 g/mol. The zero-order valence-corrected chi connectivity index (χ0v) is 13.8. The maximum absolute atomic E-state index is 10.5. The van der Waals surface area contributed by atoms with E-state index >= 15 is 0 Å². The molecule has 0 saturated carbocycles. The van der Waals surface area contributed by atoms with Gasteiger partial charge in [-0.15, -0.1) is 0 Å². The first-order valence-electron chi connectivity index (χ1n) is 7.83. The van der Waals surface area contributed by atoms with Gasteiger partial charge in [0.25, 0.3) is 0 Å². The predicted molar refractivity (Wildman–Crippen MR) is 90.1 cm³/mol. The summed E-state index contributed by atoms with van der Waals surface area (Å²) < 4.78 is 0. The summed E-state index contributed by atoms with van der Waals surface area (Å²) >= 11 is 0. The number of rotatable bonds is 6. The predicted octanol–water partition coefficient (Wildman–Crippen LogP) is 3.47. The molecule has 1 heterocycles. The van der Waals surface area contributed by atoms with Crippen LogP contribution in [-0.2, 0) is 0 Å². The maximum atomic E-state index is 10.5. The molecule has 0 saturated heterocycles. The third-order valence-corrected chi connectivity index (χ3v) is 3.74. The fourth-order valence-electron chi connectivity index (χ4n) is 2.31. The Labute approximate surface area is 132 Å². The summed E-state index contributed by atoms with van der Waals surface area (Å²) in [6.45, 7) is 9.58. The smallest absolute Gasteiger partial charge is 0.133 e. The fraction of sp³-hybridized carbons (Fsp3) is 0.444. The van der Waals surface area contributed by atoms with Gasteiger partial charge in [0.15, 0.2) is 0 Å². The highest BCUT2D eigenvalue weighted by atomic mass is 16.3. The number of hydrogen-bond donors (Lipinski definition) is 1. The zero-order valence-electron chi connectivity index (χ0n) is 13.8. The van der Waals surface area contributed by atoms with Crippen molar-refractivity contribution in [2.45, 2.75) is 39.7 Å². The van der Waals surface area contributed by atoms with Gasteiger partial charge in [-0.3, -0.25) is 0 Å². The first kappa shape index (κ1) is 16.4. The van der Waals surface area contributed by atoms with Gasteiger partial charge in [0.05, 0.1) is 6.10 Å². The van der Waals surface area contributed by atoms with Crippen LogP contribution in [0, 0.1) is 6.92 Å². The van der Waals surface area contributed by atoms with E-state index in [1.807, 2.05) is 37.3 Å². The maximum Gasteiger partial charge on any atom is 0.133 e. The minimum Gasteiger partial charge on any atom is -0.387 e. The number of aliphatic hydroxyl groups is 1. The molecule has 2 aromatic rings. The summed E-state index contributed by atoms with van der Waals surface area (Å²) in [4.78, 5) is 11.0. The molecule has 0 aliphatic rings.